The van der Waals surface area contributed by atoms with E-state index in [0.29, 0.717) is 30.2 Å². The van der Waals surface area contributed by atoms with Gasteiger partial charge in [0, 0.05) is 24.7 Å². The Morgan fingerprint density at radius 3 is 2.68 bits per heavy atom. The summed E-state index contributed by atoms with van der Waals surface area (Å²) in [5.74, 6) is -0.00690. The zero-order valence-electron chi connectivity index (χ0n) is 11.1. The van der Waals surface area contributed by atoms with Crippen molar-refractivity contribution in [2.75, 3.05) is 6.54 Å². The molecule has 0 spiro atoms. The summed E-state index contributed by atoms with van der Waals surface area (Å²) >= 11 is 5.92. The monoisotopic (exact) mass is 282 g/mol. The molecule has 1 amide bonds. The Morgan fingerprint density at radius 2 is 2.16 bits per heavy atom. The molecule has 1 N–H and O–H groups in total. The third-order valence-electron chi connectivity index (χ3n) is 4.34. The molecule has 104 valence electrons. The highest BCUT2D eigenvalue weighted by Crippen LogP contribution is 2.31. The van der Waals surface area contributed by atoms with Crippen molar-refractivity contribution in [3.05, 3.63) is 23.1 Å². The molecule has 2 saturated heterocycles. The van der Waals surface area contributed by atoms with Crippen molar-refractivity contribution in [1.82, 2.24) is 10.2 Å². The lowest BCUT2D eigenvalue weighted by atomic mass is 9.97. The molecule has 2 fully saturated rings. The summed E-state index contributed by atoms with van der Waals surface area (Å²) in [7, 11) is 0. The van der Waals surface area contributed by atoms with Gasteiger partial charge in [-0.25, -0.2) is 0 Å². The quantitative estimate of drug-likeness (QED) is 0.927. The van der Waals surface area contributed by atoms with Gasteiger partial charge in [0.1, 0.15) is 0 Å². The molecule has 0 aliphatic carbocycles. The van der Waals surface area contributed by atoms with Gasteiger partial charge in [-0.05, 0) is 50.3 Å². The zero-order chi connectivity index (χ0) is 13.4. The molecule has 2 bridgehead atoms. The minimum Gasteiger partial charge on any atom is -0.452 e. The number of amides is 1. The lowest BCUT2D eigenvalue weighted by Crippen LogP contribution is -2.50. The fourth-order valence-corrected chi connectivity index (χ4v) is 3.65. The van der Waals surface area contributed by atoms with Gasteiger partial charge in [0.25, 0.3) is 5.91 Å². The number of carbonyl (C=O) groups is 1. The fraction of sp³-hybridized carbons (Fsp3) is 0.643. The average molecular weight is 283 g/mol. The van der Waals surface area contributed by atoms with Crippen LogP contribution in [-0.2, 0) is 0 Å². The van der Waals surface area contributed by atoms with E-state index in [1.807, 2.05) is 11.8 Å². The predicted molar refractivity (Wildman–Crippen MR) is 73.4 cm³/mol. The van der Waals surface area contributed by atoms with Gasteiger partial charge in [0.2, 0.25) is 5.22 Å². The molecule has 1 aromatic heterocycles. The highest BCUT2D eigenvalue weighted by Gasteiger charge is 2.37. The van der Waals surface area contributed by atoms with Gasteiger partial charge in [0.15, 0.2) is 0 Å². The topological polar surface area (TPSA) is 45.5 Å². The minimum absolute atomic E-state index is 0.00690. The number of nitrogens with one attached hydrogen (secondary N) is 1. The second kappa shape index (κ2) is 5.17. The molecule has 3 rings (SSSR count). The number of rotatable bonds is 3. The van der Waals surface area contributed by atoms with E-state index < -0.39 is 0 Å². The van der Waals surface area contributed by atoms with Crippen molar-refractivity contribution >= 4 is 17.5 Å². The van der Waals surface area contributed by atoms with E-state index in [1.54, 1.807) is 6.07 Å². The third kappa shape index (κ3) is 2.39. The lowest BCUT2D eigenvalue weighted by molar-refractivity contribution is 0.0630. The van der Waals surface area contributed by atoms with Crippen molar-refractivity contribution in [1.29, 1.82) is 0 Å². The van der Waals surface area contributed by atoms with Crippen LogP contribution in [0.2, 0.25) is 5.22 Å². The summed E-state index contributed by atoms with van der Waals surface area (Å²) in [6.07, 6.45) is 6.03. The zero-order valence-corrected chi connectivity index (χ0v) is 11.8. The normalized spacial score (nSPS) is 29.5. The number of hydrogen-bond acceptors (Lipinski definition) is 3. The van der Waals surface area contributed by atoms with E-state index in [2.05, 4.69) is 5.32 Å². The SMILES string of the molecule is CCN(C(=O)c1ccoc1Cl)C1CC2CCC(C1)N2. The number of nitrogens with zero attached hydrogens (tertiary/aromatic N) is 1. The molecule has 5 heteroatoms. The smallest absolute Gasteiger partial charge is 0.258 e. The molecule has 2 unspecified atom stereocenters. The molecule has 1 aromatic rings. The Bertz CT molecular complexity index is 462. The first kappa shape index (κ1) is 13.0. The minimum atomic E-state index is -0.00690. The first-order valence-electron chi connectivity index (χ1n) is 6.99. The molecule has 2 aliphatic heterocycles. The van der Waals surface area contributed by atoms with Crippen LogP contribution >= 0.6 is 11.6 Å². The maximum atomic E-state index is 12.6. The van der Waals surface area contributed by atoms with Gasteiger partial charge in [-0.15, -0.1) is 0 Å². The fourth-order valence-electron chi connectivity index (χ4n) is 3.45. The Kier molecular flexibility index (Phi) is 3.54. The van der Waals surface area contributed by atoms with Crippen LogP contribution in [0.1, 0.15) is 43.0 Å². The van der Waals surface area contributed by atoms with E-state index in [1.165, 1.54) is 19.1 Å². The van der Waals surface area contributed by atoms with E-state index in [9.17, 15) is 4.79 Å². The van der Waals surface area contributed by atoms with Gasteiger partial charge in [-0.3, -0.25) is 4.79 Å². The van der Waals surface area contributed by atoms with Gasteiger partial charge < -0.3 is 14.6 Å². The van der Waals surface area contributed by atoms with Crippen molar-refractivity contribution < 1.29 is 9.21 Å². The number of furan rings is 1. The van der Waals surface area contributed by atoms with Crippen LogP contribution in [0.15, 0.2) is 16.7 Å². The Balaban J connectivity index is 1.77. The summed E-state index contributed by atoms with van der Waals surface area (Å²) in [5.41, 5.74) is 0.481. The summed E-state index contributed by atoms with van der Waals surface area (Å²) in [5, 5.41) is 3.80. The molecule has 0 saturated carbocycles. The van der Waals surface area contributed by atoms with Crippen molar-refractivity contribution in [2.24, 2.45) is 0 Å². The molecule has 19 heavy (non-hydrogen) atoms. The molecule has 0 radical (unpaired) electrons. The average Bonchev–Trinajstić information content (AvgIpc) is 2.96. The standard InChI is InChI=1S/C14H19ClN2O2/c1-2-17(14(18)12-5-6-19-13(12)15)11-7-9-3-4-10(8-11)16-9/h5-6,9-11,16H,2-4,7-8H2,1H3. The molecular weight excluding hydrogens is 264 g/mol. The van der Waals surface area contributed by atoms with Gasteiger partial charge in [-0.1, -0.05) is 0 Å². The first-order chi connectivity index (χ1) is 9.19. The third-order valence-corrected chi connectivity index (χ3v) is 4.63. The highest BCUT2D eigenvalue weighted by molar-refractivity contribution is 6.32. The van der Waals surface area contributed by atoms with Crippen LogP contribution in [0, 0.1) is 0 Å². The summed E-state index contributed by atoms with van der Waals surface area (Å²) in [6.45, 7) is 2.74. The van der Waals surface area contributed by atoms with Crippen LogP contribution in [0.4, 0.5) is 0 Å². The first-order valence-corrected chi connectivity index (χ1v) is 7.36. The van der Waals surface area contributed by atoms with Gasteiger partial charge in [-0.2, -0.15) is 0 Å². The van der Waals surface area contributed by atoms with Crippen molar-refractivity contribution in [3.8, 4) is 0 Å². The van der Waals surface area contributed by atoms with E-state index in [-0.39, 0.29) is 11.1 Å². The molecule has 4 nitrogen and oxygen atoms in total. The van der Waals surface area contributed by atoms with Crippen molar-refractivity contribution in [3.63, 3.8) is 0 Å². The highest BCUT2D eigenvalue weighted by atomic mass is 35.5. The number of hydrogen-bond donors (Lipinski definition) is 1. The summed E-state index contributed by atoms with van der Waals surface area (Å²) < 4.78 is 5.03. The molecule has 0 aromatic carbocycles. The van der Waals surface area contributed by atoms with Crippen LogP contribution < -0.4 is 5.32 Å². The number of carbonyl (C=O) groups excluding carboxylic acids is 1. The van der Waals surface area contributed by atoms with Crippen LogP contribution in [0.25, 0.3) is 0 Å². The predicted octanol–water partition coefficient (Wildman–Crippen LogP) is 2.68. The molecular formula is C14H19ClN2O2. The molecule has 2 aliphatic rings. The largest absolute Gasteiger partial charge is 0.452 e. The number of fused-ring (bicyclic) bond motifs is 2. The molecule has 2 atom stereocenters. The van der Waals surface area contributed by atoms with Crippen LogP contribution in [0.3, 0.4) is 0 Å². The number of halogens is 1. The number of piperidine rings is 1. The van der Waals surface area contributed by atoms with Crippen LogP contribution in [0.5, 0.6) is 0 Å². The van der Waals surface area contributed by atoms with Crippen molar-refractivity contribution in [2.45, 2.75) is 50.7 Å². The lowest BCUT2D eigenvalue weighted by Gasteiger charge is -2.37. The second-order valence-electron chi connectivity index (χ2n) is 5.46. The maximum absolute atomic E-state index is 12.6. The Labute approximate surface area is 118 Å². The summed E-state index contributed by atoms with van der Waals surface area (Å²) in [6, 6.07) is 3.13. The summed E-state index contributed by atoms with van der Waals surface area (Å²) in [4.78, 5) is 14.5. The van der Waals surface area contributed by atoms with Gasteiger partial charge in [0.05, 0.1) is 11.8 Å². The second-order valence-corrected chi connectivity index (χ2v) is 5.81. The molecule has 3 heterocycles. The van der Waals surface area contributed by atoms with Gasteiger partial charge >= 0.3 is 0 Å². The van der Waals surface area contributed by atoms with E-state index in [0.717, 1.165) is 12.8 Å². The van der Waals surface area contributed by atoms with E-state index in [4.69, 9.17) is 16.0 Å². The Hall–Kier alpha value is -1.00. The Morgan fingerprint density at radius 1 is 1.47 bits per heavy atom. The maximum Gasteiger partial charge on any atom is 0.258 e. The van der Waals surface area contributed by atoms with Crippen LogP contribution in [-0.4, -0.2) is 35.5 Å². The van der Waals surface area contributed by atoms with E-state index >= 15 is 0 Å².